The second kappa shape index (κ2) is 5.32. The molecule has 0 unspecified atom stereocenters. The molecule has 0 aliphatic heterocycles. The molecule has 0 bridgehead atoms. The summed E-state index contributed by atoms with van der Waals surface area (Å²) >= 11 is 0. The molecular formula is C12H17N7O. The van der Waals surface area contributed by atoms with E-state index >= 15 is 0 Å². The van der Waals surface area contributed by atoms with Crippen molar-refractivity contribution in [1.29, 1.82) is 0 Å². The predicted octanol–water partition coefficient (Wildman–Crippen LogP) is 0.475. The van der Waals surface area contributed by atoms with E-state index in [2.05, 4.69) is 35.9 Å². The summed E-state index contributed by atoms with van der Waals surface area (Å²) < 4.78 is 0. The fourth-order valence-electron chi connectivity index (χ4n) is 1.89. The molecule has 0 aromatic carbocycles. The van der Waals surface area contributed by atoms with E-state index in [0.717, 1.165) is 18.4 Å². The van der Waals surface area contributed by atoms with Crippen LogP contribution < -0.4 is 16.0 Å². The van der Waals surface area contributed by atoms with Gasteiger partial charge in [-0.3, -0.25) is 4.79 Å². The number of H-pyrrole nitrogens is 1. The molecule has 3 rings (SSSR count). The number of nitrogens with zero attached hydrogens (tertiary/aromatic N) is 3. The SMILES string of the molecule is CNc1nc(NCCC(=O)NC2CC2)c2[nH]cnc2n1. The minimum atomic E-state index is 0.0729. The van der Waals surface area contributed by atoms with Gasteiger partial charge < -0.3 is 20.9 Å². The molecule has 20 heavy (non-hydrogen) atoms. The third-order valence-corrected chi connectivity index (χ3v) is 3.10. The number of carbonyl (C=O) groups is 1. The molecule has 8 heteroatoms. The first-order chi connectivity index (χ1) is 9.76. The number of aromatic nitrogens is 4. The number of nitrogens with one attached hydrogen (secondary N) is 4. The molecule has 4 N–H and O–H groups in total. The van der Waals surface area contributed by atoms with Gasteiger partial charge in [-0.25, -0.2) is 4.98 Å². The van der Waals surface area contributed by atoms with Gasteiger partial charge in [0.25, 0.3) is 0 Å². The van der Waals surface area contributed by atoms with Gasteiger partial charge in [-0.05, 0) is 12.8 Å². The number of carbonyl (C=O) groups excluding carboxylic acids is 1. The topological polar surface area (TPSA) is 108 Å². The molecule has 1 aliphatic rings. The van der Waals surface area contributed by atoms with Crippen LogP contribution >= 0.6 is 0 Å². The van der Waals surface area contributed by atoms with E-state index < -0.39 is 0 Å². The van der Waals surface area contributed by atoms with Gasteiger partial charge in [0.1, 0.15) is 5.52 Å². The molecule has 0 atom stereocenters. The Labute approximate surface area is 115 Å². The summed E-state index contributed by atoms with van der Waals surface area (Å²) in [6.07, 6.45) is 4.20. The molecule has 1 amide bonds. The van der Waals surface area contributed by atoms with Crippen molar-refractivity contribution in [2.24, 2.45) is 0 Å². The van der Waals surface area contributed by atoms with Crippen LogP contribution in [0.4, 0.5) is 11.8 Å². The van der Waals surface area contributed by atoms with Gasteiger partial charge in [0.2, 0.25) is 11.9 Å². The maximum absolute atomic E-state index is 11.6. The second-order valence-electron chi connectivity index (χ2n) is 4.77. The molecule has 0 radical (unpaired) electrons. The lowest BCUT2D eigenvalue weighted by Gasteiger charge is -2.08. The number of hydrogen-bond donors (Lipinski definition) is 4. The van der Waals surface area contributed by atoms with Crippen LogP contribution in [0.5, 0.6) is 0 Å². The Bertz CT molecular complexity index is 619. The first-order valence-corrected chi connectivity index (χ1v) is 6.68. The second-order valence-corrected chi connectivity index (χ2v) is 4.77. The van der Waals surface area contributed by atoms with Crippen LogP contribution in [0.1, 0.15) is 19.3 Å². The van der Waals surface area contributed by atoms with Crippen molar-refractivity contribution in [2.45, 2.75) is 25.3 Å². The summed E-state index contributed by atoms with van der Waals surface area (Å²) in [5, 5.41) is 8.99. The van der Waals surface area contributed by atoms with Crippen LogP contribution in [-0.2, 0) is 4.79 Å². The summed E-state index contributed by atoms with van der Waals surface area (Å²) in [6, 6.07) is 0.400. The maximum atomic E-state index is 11.6. The van der Waals surface area contributed by atoms with E-state index in [0.29, 0.717) is 36.4 Å². The zero-order chi connectivity index (χ0) is 13.9. The number of aromatic amines is 1. The van der Waals surface area contributed by atoms with Gasteiger partial charge >= 0.3 is 0 Å². The number of hydrogen-bond acceptors (Lipinski definition) is 6. The number of amides is 1. The Balaban J connectivity index is 1.63. The van der Waals surface area contributed by atoms with E-state index in [1.807, 2.05) is 0 Å². The highest BCUT2D eigenvalue weighted by molar-refractivity contribution is 5.84. The third kappa shape index (κ3) is 2.79. The van der Waals surface area contributed by atoms with Crippen LogP contribution in [0.3, 0.4) is 0 Å². The van der Waals surface area contributed by atoms with Gasteiger partial charge in [-0.15, -0.1) is 0 Å². The Hall–Kier alpha value is -2.38. The van der Waals surface area contributed by atoms with E-state index in [1.165, 1.54) is 0 Å². The lowest BCUT2D eigenvalue weighted by Crippen LogP contribution is -2.27. The molecule has 0 spiro atoms. The zero-order valence-corrected chi connectivity index (χ0v) is 11.2. The van der Waals surface area contributed by atoms with Gasteiger partial charge in [-0.1, -0.05) is 0 Å². The smallest absolute Gasteiger partial charge is 0.226 e. The Morgan fingerprint density at radius 2 is 2.30 bits per heavy atom. The summed E-state index contributed by atoms with van der Waals surface area (Å²) in [5.74, 6) is 1.22. The average molecular weight is 275 g/mol. The molecule has 106 valence electrons. The largest absolute Gasteiger partial charge is 0.368 e. The molecule has 0 saturated heterocycles. The fraction of sp³-hybridized carbons (Fsp3) is 0.500. The van der Waals surface area contributed by atoms with E-state index in [-0.39, 0.29) is 5.91 Å². The first kappa shape index (κ1) is 12.6. The minimum Gasteiger partial charge on any atom is -0.368 e. The lowest BCUT2D eigenvalue weighted by molar-refractivity contribution is -0.120. The standard InChI is InChI=1S/C12H17N7O/c1-13-12-18-10(9-11(19-12)16-6-15-9)14-5-4-8(20)17-7-2-3-7/h6-7H,2-5H2,1H3,(H,17,20)(H3,13,14,15,16,18,19). The normalized spacial score (nSPS) is 14.2. The van der Waals surface area contributed by atoms with E-state index in [9.17, 15) is 4.79 Å². The number of imidazole rings is 1. The highest BCUT2D eigenvalue weighted by atomic mass is 16.1. The van der Waals surface area contributed by atoms with Crippen molar-refractivity contribution in [2.75, 3.05) is 24.2 Å². The molecule has 2 aromatic heterocycles. The van der Waals surface area contributed by atoms with Crippen molar-refractivity contribution in [3.8, 4) is 0 Å². The minimum absolute atomic E-state index is 0.0729. The fourth-order valence-corrected chi connectivity index (χ4v) is 1.89. The Morgan fingerprint density at radius 1 is 1.45 bits per heavy atom. The predicted molar refractivity (Wildman–Crippen MR) is 75.5 cm³/mol. The van der Waals surface area contributed by atoms with Gasteiger partial charge in [0, 0.05) is 26.1 Å². The monoisotopic (exact) mass is 275 g/mol. The Morgan fingerprint density at radius 3 is 3.05 bits per heavy atom. The van der Waals surface area contributed by atoms with E-state index in [4.69, 9.17) is 0 Å². The van der Waals surface area contributed by atoms with E-state index in [1.54, 1.807) is 13.4 Å². The van der Waals surface area contributed by atoms with Gasteiger partial charge in [0.05, 0.1) is 6.33 Å². The molecule has 1 fully saturated rings. The van der Waals surface area contributed by atoms with Crippen molar-refractivity contribution < 1.29 is 4.79 Å². The number of rotatable bonds is 6. The van der Waals surface area contributed by atoms with Crippen LogP contribution in [0.2, 0.25) is 0 Å². The van der Waals surface area contributed by atoms with Crippen molar-refractivity contribution >= 4 is 28.8 Å². The van der Waals surface area contributed by atoms with Crippen molar-refractivity contribution in [1.82, 2.24) is 25.3 Å². The van der Waals surface area contributed by atoms with Crippen LogP contribution in [0.25, 0.3) is 11.2 Å². The molecular weight excluding hydrogens is 258 g/mol. The summed E-state index contributed by atoms with van der Waals surface area (Å²) in [4.78, 5) is 27.3. The van der Waals surface area contributed by atoms with Gasteiger partial charge in [0.15, 0.2) is 11.5 Å². The highest BCUT2D eigenvalue weighted by Gasteiger charge is 2.22. The molecule has 1 saturated carbocycles. The number of fused-ring (bicyclic) bond motifs is 1. The maximum Gasteiger partial charge on any atom is 0.226 e. The Kier molecular flexibility index (Phi) is 3.36. The third-order valence-electron chi connectivity index (χ3n) is 3.10. The summed E-state index contributed by atoms with van der Waals surface area (Å²) in [6.45, 7) is 0.521. The molecule has 2 heterocycles. The van der Waals surface area contributed by atoms with Crippen molar-refractivity contribution in [3.05, 3.63) is 6.33 Å². The zero-order valence-electron chi connectivity index (χ0n) is 11.2. The van der Waals surface area contributed by atoms with Gasteiger partial charge in [-0.2, -0.15) is 9.97 Å². The average Bonchev–Trinajstić information content (AvgIpc) is 3.12. The number of anilines is 2. The molecule has 8 nitrogen and oxygen atoms in total. The highest BCUT2D eigenvalue weighted by Crippen LogP contribution is 2.19. The van der Waals surface area contributed by atoms with Crippen LogP contribution in [-0.4, -0.2) is 45.5 Å². The molecule has 2 aromatic rings. The molecule has 1 aliphatic carbocycles. The lowest BCUT2D eigenvalue weighted by atomic mass is 10.3. The van der Waals surface area contributed by atoms with Crippen LogP contribution in [0.15, 0.2) is 6.33 Å². The summed E-state index contributed by atoms with van der Waals surface area (Å²) in [5.41, 5.74) is 1.33. The van der Waals surface area contributed by atoms with Crippen molar-refractivity contribution in [3.63, 3.8) is 0 Å². The van der Waals surface area contributed by atoms with Crippen LogP contribution in [0, 0.1) is 0 Å². The summed E-state index contributed by atoms with van der Waals surface area (Å²) in [7, 11) is 1.75. The quantitative estimate of drug-likeness (QED) is 0.610. The first-order valence-electron chi connectivity index (χ1n) is 6.68.